The van der Waals surface area contributed by atoms with Crippen molar-refractivity contribution in [1.29, 1.82) is 0 Å². The molecule has 0 aromatic heterocycles. The van der Waals surface area contributed by atoms with Gasteiger partial charge < -0.3 is 0 Å². The minimum atomic E-state index is -4.60. The van der Waals surface area contributed by atoms with Crippen LogP contribution in [0, 0.1) is 0 Å². The van der Waals surface area contributed by atoms with Crippen LogP contribution in [0.2, 0.25) is 13.1 Å². The third kappa shape index (κ3) is 3.23. The number of fused-ring (bicyclic) bond motifs is 4. The molecule has 0 fully saturated rings. The van der Waals surface area contributed by atoms with Crippen LogP contribution in [0.3, 0.4) is 0 Å². The standard InChI is InChI=1S/C16H15O.C9H7.C2H6Si.2ClH.Zr/c17-10-4-7-12-6-3-9-15-14-8-2-1-5-13(14)11-16(12)15;1-2-5-9-7-3-6-8(9)4-1;1-3-2;;;/h1-3,5-6,8-9,11,17H,4,7,10H2;1-7H;1-2H3;2*1H;/q;;;;;+2/p-2. The Morgan fingerprint density at radius 3 is 2.31 bits per heavy atom. The van der Waals surface area contributed by atoms with E-state index in [2.05, 4.69) is 92.0 Å². The molecular formula is C27H28Cl2OSiZr. The molecule has 2 atom stereocenters. The summed E-state index contributed by atoms with van der Waals surface area (Å²) in [5.74, 6) is 0. The van der Waals surface area contributed by atoms with Gasteiger partial charge in [0.25, 0.3) is 0 Å². The van der Waals surface area contributed by atoms with Crippen LogP contribution in [-0.4, -0.2) is 17.1 Å². The van der Waals surface area contributed by atoms with Crippen LogP contribution < -0.4 is 0 Å². The maximum atomic E-state index is 9.55. The number of halogens is 2. The van der Waals surface area contributed by atoms with E-state index in [4.69, 9.17) is 17.0 Å². The number of hydrogen-bond acceptors (Lipinski definition) is 1. The zero-order valence-corrected chi connectivity index (χ0v) is 23.5. The Kier molecular flexibility index (Phi) is 5.96. The Bertz CT molecular complexity index is 1320. The Morgan fingerprint density at radius 2 is 1.56 bits per heavy atom. The van der Waals surface area contributed by atoms with E-state index in [0.29, 0.717) is 0 Å². The second kappa shape index (κ2) is 8.36. The molecule has 164 valence electrons. The van der Waals surface area contributed by atoms with Crippen LogP contribution in [0.5, 0.6) is 0 Å². The summed E-state index contributed by atoms with van der Waals surface area (Å²) in [4.78, 5) is 0. The fourth-order valence-electron chi connectivity index (χ4n) is 5.87. The number of aliphatic hydroxyl groups excluding tert-OH is 1. The van der Waals surface area contributed by atoms with Gasteiger partial charge in [0, 0.05) is 0 Å². The Labute approximate surface area is 198 Å². The van der Waals surface area contributed by atoms with Crippen molar-refractivity contribution in [3.05, 3.63) is 101 Å². The van der Waals surface area contributed by atoms with Crippen LogP contribution in [0.1, 0.15) is 41.5 Å². The summed E-state index contributed by atoms with van der Waals surface area (Å²) in [6, 6.07) is 23.9. The average Bonchev–Trinajstić information content (AvgIpc) is 3.38. The number of hydrogen-bond donors (Lipinski definition) is 1. The van der Waals surface area contributed by atoms with E-state index in [1.807, 2.05) is 0 Å². The fourth-order valence-corrected chi connectivity index (χ4v) is 32.3. The van der Waals surface area contributed by atoms with Gasteiger partial charge in [-0.15, -0.1) is 0 Å². The van der Waals surface area contributed by atoms with Crippen molar-refractivity contribution in [3.63, 3.8) is 0 Å². The molecule has 5 heteroatoms. The van der Waals surface area contributed by atoms with Gasteiger partial charge in [-0.2, -0.15) is 0 Å². The SMILES string of the molecule is C[Si](C)=[Zr]([Cl])([Cl])([CH]1C=Cc2ccccc21)[CH]1c2ccccc2-c2cccc(CCCO)c21. The number of aryl methyl sites for hydroxylation is 1. The van der Waals surface area contributed by atoms with Crippen molar-refractivity contribution < 1.29 is 20.1 Å². The first-order valence-electron chi connectivity index (χ1n) is 11.3. The van der Waals surface area contributed by atoms with Gasteiger partial charge in [0.2, 0.25) is 0 Å². The molecule has 0 radical (unpaired) electrons. The molecule has 3 aromatic carbocycles. The first-order chi connectivity index (χ1) is 15.4. The Morgan fingerprint density at radius 1 is 0.875 bits per heavy atom. The molecule has 2 unspecified atom stereocenters. The van der Waals surface area contributed by atoms with E-state index >= 15 is 0 Å². The molecular weight excluding hydrogens is 531 g/mol. The summed E-state index contributed by atoms with van der Waals surface area (Å²) in [7, 11) is 16.3. The van der Waals surface area contributed by atoms with E-state index in [1.54, 1.807) is 0 Å². The first-order valence-corrected chi connectivity index (χ1v) is 26.7. The van der Waals surface area contributed by atoms with Crippen LogP contribution in [0.25, 0.3) is 17.2 Å². The summed E-state index contributed by atoms with van der Waals surface area (Å²) >= 11 is -4.60. The van der Waals surface area contributed by atoms with E-state index in [0.717, 1.165) is 12.8 Å². The van der Waals surface area contributed by atoms with Gasteiger partial charge in [-0.05, 0) is 0 Å². The molecule has 0 aliphatic heterocycles. The minimum absolute atomic E-state index is 0.0607. The second-order valence-electron chi connectivity index (χ2n) is 9.34. The predicted octanol–water partition coefficient (Wildman–Crippen LogP) is 7.70. The van der Waals surface area contributed by atoms with E-state index in [-0.39, 0.29) is 13.9 Å². The number of allylic oxidation sites excluding steroid dienone is 1. The van der Waals surface area contributed by atoms with Gasteiger partial charge in [-0.25, -0.2) is 0 Å². The van der Waals surface area contributed by atoms with Crippen molar-refractivity contribution in [2.24, 2.45) is 0 Å². The zero-order chi connectivity index (χ0) is 22.5. The number of aliphatic hydroxyl groups is 1. The molecule has 2 aliphatic rings. The van der Waals surface area contributed by atoms with Gasteiger partial charge in [0.1, 0.15) is 0 Å². The molecule has 1 N–H and O–H groups in total. The molecule has 2 aliphatic carbocycles. The van der Waals surface area contributed by atoms with E-state index in [9.17, 15) is 5.11 Å². The summed E-state index contributed by atoms with van der Waals surface area (Å²) in [6.07, 6.45) is 6.12. The second-order valence-corrected chi connectivity index (χ2v) is 48.2. The van der Waals surface area contributed by atoms with Crippen molar-refractivity contribution in [1.82, 2.24) is 0 Å². The molecule has 1 nitrogen and oxygen atoms in total. The summed E-state index contributed by atoms with van der Waals surface area (Å²) in [5.41, 5.74) is 7.98. The van der Waals surface area contributed by atoms with Gasteiger partial charge >= 0.3 is 200 Å². The van der Waals surface area contributed by atoms with Crippen LogP contribution >= 0.6 is 17.0 Å². The molecule has 0 heterocycles. The molecule has 0 saturated heterocycles. The number of benzene rings is 3. The first kappa shape index (κ1) is 22.8. The van der Waals surface area contributed by atoms with Crippen LogP contribution in [-0.2, 0) is 21.4 Å². The third-order valence-corrected chi connectivity index (χ3v) is 53.9. The quantitative estimate of drug-likeness (QED) is 0.318. The summed E-state index contributed by atoms with van der Waals surface area (Å²) in [6.45, 7) is 4.86. The molecule has 5 rings (SSSR count). The molecule has 32 heavy (non-hydrogen) atoms. The maximum absolute atomic E-state index is 9.55. The Hall–Kier alpha value is -0.960. The van der Waals surface area contributed by atoms with E-state index < -0.39 is 20.4 Å². The van der Waals surface area contributed by atoms with Gasteiger partial charge in [0.15, 0.2) is 0 Å². The van der Waals surface area contributed by atoms with Gasteiger partial charge in [0.05, 0.1) is 0 Å². The van der Waals surface area contributed by atoms with Crippen LogP contribution in [0.15, 0.2) is 72.8 Å². The fraction of sp³-hybridized carbons (Fsp3) is 0.259. The summed E-state index contributed by atoms with van der Waals surface area (Å²) < 4.78 is 0.167. The van der Waals surface area contributed by atoms with Crippen molar-refractivity contribution >= 4 is 28.5 Å². The van der Waals surface area contributed by atoms with Crippen LogP contribution in [0.4, 0.5) is 0 Å². The monoisotopic (exact) mass is 556 g/mol. The molecule has 3 aromatic rings. The van der Waals surface area contributed by atoms with Crippen molar-refractivity contribution in [3.8, 4) is 11.1 Å². The van der Waals surface area contributed by atoms with Crippen molar-refractivity contribution in [2.45, 2.75) is 33.2 Å². The topological polar surface area (TPSA) is 20.2 Å². The third-order valence-electron chi connectivity index (χ3n) is 7.51. The Balaban J connectivity index is 1.84. The molecule has 0 saturated carbocycles. The van der Waals surface area contributed by atoms with Gasteiger partial charge in [-0.3, -0.25) is 0 Å². The zero-order valence-electron chi connectivity index (χ0n) is 18.5. The molecule has 0 bridgehead atoms. The number of rotatable bonds is 5. The average molecular weight is 559 g/mol. The predicted molar refractivity (Wildman–Crippen MR) is 137 cm³/mol. The molecule has 0 spiro atoms. The van der Waals surface area contributed by atoms with Crippen molar-refractivity contribution in [2.75, 3.05) is 6.61 Å². The normalized spacial score (nSPS) is 18.9. The molecule has 0 amide bonds. The summed E-state index contributed by atoms with van der Waals surface area (Å²) in [5, 5.41) is 9.55. The van der Waals surface area contributed by atoms with Gasteiger partial charge in [-0.1, -0.05) is 0 Å². The van der Waals surface area contributed by atoms with E-state index in [1.165, 1.54) is 38.9 Å².